The normalized spacial score (nSPS) is 11.3. The summed E-state index contributed by atoms with van der Waals surface area (Å²) in [6.45, 7) is 1.69. The van der Waals surface area contributed by atoms with E-state index in [1.807, 2.05) is 0 Å². The Labute approximate surface area is 96.1 Å². The van der Waals surface area contributed by atoms with Crippen molar-refractivity contribution in [1.29, 1.82) is 0 Å². The topological polar surface area (TPSA) is 9.23 Å². The molecule has 0 saturated heterocycles. The molecule has 1 nitrogen and oxygen atoms in total. The molecule has 0 heterocycles. The van der Waals surface area contributed by atoms with Crippen molar-refractivity contribution in [3.8, 4) is 5.75 Å². The van der Waals surface area contributed by atoms with Crippen LogP contribution >= 0.6 is 0 Å². The van der Waals surface area contributed by atoms with Gasteiger partial charge in [-0.15, -0.1) is 0 Å². The molecule has 0 atom stereocenters. The Morgan fingerprint density at radius 3 is 2.41 bits per heavy atom. The summed E-state index contributed by atoms with van der Waals surface area (Å²) in [6, 6.07) is 5.12. The first-order valence-electron chi connectivity index (χ1n) is 4.99. The smallest absolute Gasteiger partial charge is 0.176 e. The van der Waals surface area contributed by atoms with Gasteiger partial charge in [0.05, 0.1) is 11.6 Å². The van der Waals surface area contributed by atoms with Gasteiger partial charge in [-0.1, -0.05) is 18.2 Å². The first kappa shape index (κ1) is 11.5. The van der Waals surface area contributed by atoms with Gasteiger partial charge in [0.1, 0.15) is 0 Å². The fraction of sp³-hybridized carbons (Fsp3) is 0.0769. The Bertz CT molecular complexity index is 591. The van der Waals surface area contributed by atoms with E-state index < -0.39 is 22.8 Å². The second kappa shape index (κ2) is 4.49. The van der Waals surface area contributed by atoms with E-state index in [0.29, 0.717) is 0 Å². The molecule has 0 aromatic heterocycles. The second-order valence-electron chi connectivity index (χ2n) is 3.42. The summed E-state index contributed by atoms with van der Waals surface area (Å²) < 4.78 is 45.3. The molecule has 17 heavy (non-hydrogen) atoms. The van der Waals surface area contributed by atoms with Crippen LogP contribution in [0.1, 0.15) is 6.92 Å². The Hall–Kier alpha value is -1.97. The fourth-order valence-corrected chi connectivity index (χ4v) is 1.52. The van der Waals surface area contributed by atoms with E-state index in [2.05, 4.69) is 0 Å². The van der Waals surface area contributed by atoms with Gasteiger partial charge in [0.25, 0.3) is 0 Å². The first-order chi connectivity index (χ1) is 8.15. The van der Waals surface area contributed by atoms with Gasteiger partial charge in [-0.3, -0.25) is 0 Å². The summed E-state index contributed by atoms with van der Waals surface area (Å²) in [4.78, 5) is 0. The van der Waals surface area contributed by atoms with Crippen molar-refractivity contribution in [3.63, 3.8) is 0 Å². The molecule has 2 aromatic carbocycles. The third kappa shape index (κ3) is 1.98. The number of rotatable bonds is 2. The van der Waals surface area contributed by atoms with Crippen molar-refractivity contribution < 1.29 is 17.9 Å². The van der Waals surface area contributed by atoms with Crippen LogP contribution in [0.4, 0.5) is 13.2 Å². The van der Waals surface area contributed by atoms with E-state index in [-0.39, 0.29) is 11.1 Å². The lowest BCUT2D eigenvalue weighted by molar-refractivity contribution is 0.441. The zero-order chi connectivity index (χ0) is 12.4. The largest absolute Gasteiger partial charge is 0.462 e. The Morgan fingerprint density at radius 2 is 1.71 bits per heavy atom. The third-order valence-corrected chi connectivity index (χ3v) is 2.31. The molecule has 0 aliphatic rings. The van der Waals surface area contributed by atoms with Crippen molar-refractivity contribution in [2.45, 2.75) is 6.92 Å². The molecule has 2 rings (SSSR count). The van der Waals surface area contributed by atoms with Crippen LogP contribution in [0.2, 0.25) is 0 Å². The number of hydrogen-bond donors (Lipinski definition) is 0. The lowest BCUT2D eigenvalue weighted by Crippen LogP contribution is -1.93. The zero-order valence-electron chi connectivity index (χ0n) is 9.01. The van der Waals surface area contributed by atoms with Crippen LogP contribution in [0.25, 0.3) is 10.8 Å². The molecule has 0 aliphatic carbocycles. The maximum Gasteiger partial charge on any atom is 0.176 e. The number of ether oxygens (including phenoxy) is 1. The lowest BCUT2D eigenvalue weighted by Gasteiger charge is -2.06. The molecular weight excluding hydrogens is 229 g/mol. The third-order valence-electron chi connectivity index (χ3n) is 2.31. The predicted molar refractivity (Wildman–Crippen MR) is 59.3 cm³/mol. The van der Waals surface area contributed by atoms with Gasteiger partial charge in [0.2, 0.25) is 0 Å². The van der Waals surface area contributed by atoms with Crippen molar-refractivity contribution in [2.24, 2.45) is 0 Å². The molecule has 0 aliphatic heterocycles. The summed E-state index contributed by atoms with van der Waals surface area (Å²) in [5.74, 6) is -3.33. The Kier molecular flexibility index (Phi) is 3.04. The molecule has 0 N–H and O–H groups in total. The zero-order valence-corrected chi connectivity index (χ0v) is 9.01. The van der Waals surface area contributed by atoms with E-state index in [4.69, 9.17) is 4.74 Å². The van der Waals surface area contributed by atoms with Gasteiger partial charge in [0, 0.05) is 0 Å². The van der Waals surface area contributed by atoms with Gasteiger partial charge < -0.3 is 4.74 Å². The minimum absolute atomic E-state index is 0.139. The van der Waals surface area contributed by atoms with Crippen LogP contribution in [0.3, 0.4) is 0 Å². The summed E-state index contributed by atoms with van der Waals surface area (Å²) in [5.41, 5.74) is 0. The van der Waals surface area contributed by atoms with E-state index in [1.165, 1.54) is 24.5 Å². The number of halogens is 3. The summed E-state index contributed by atoms with van der Waals surface area (Å²) in [5, 5.41) is -0.110. The van der Waals surface area contributed by atoms with Gasteiger partial charge in [0.15, 0.2) is 23.2 Å². The average Bonchev–Trinajstić information content (AvgIpc) is 2.33. The molecule has 0 bridgehead atoms. The lowest BCUT2D eigenvalue weighted by atomic mass is 10.1. The van der Waals surface area contributed by atoms with Crippen LogP contribution in [0.5, 0.6) is 5.75 Å². The number of hydrogen-bond acceptors (Lipinski definition) is 1. The first-order valence-corrected chi connectivity index (χ1v) is 4.99. The molecule has 0 unspecified atom stereocenters. The molecule has 0 fully saturated rings. The van der Waals surface area contributed by atoms with Crippen LogP contribution in [-0.4, -0.2) is 0 Å². The van der Waals surface area contributed by atoms with E-state index in [1.54, 1.807) is 13.0 Å². The highest BCUT2D eigenvalue weighted by molar-refractivity contribution is 5.85. The Morgan fingerprint density at radius 1 is 1.00 bits per heavy atom. The molecular formula is C13H9F3O. The average molecular weight is 238 g/mol. The molecule has 0 saturated carbocycles. The van der Waals surface area contributed by atoms with Gasteiger partial charge in [-0.05, 0) is 24.4 Å². The molecule has 2 aromatic rings. The van der Waals surface area contributed by atoms with Crippen LogP contribution in [-0.2, 0) is 0 Å². The second-order valence-corrected chi connectivity index (χ2v) is 3.42. The van der Waals surface area contributed by atoms with E-state index in [0.717, 1.165) is 6.07 Å². The highest BCUT2D eigenvalue weighted by atomic mass is 19.2. The number of benzene rings is 2. The summed E-state index contributed by atoms with van der Waals surface area (Å²) in [7, 11) is 0. The summed E-state index contributed by atoms with van der Waals surface area (Å²) in [6.07, 6.45) is 2.83. The minimum Gasteiger partial charge on any atom is -0.462 e. The molecule has 88 valence electrons. The minimum atomic E-state index is -1.20. The highest BCUT2D eigenvalue weighted by Crippen LogP contribution is 2.29. The Balaban J connectivity index is 2.69. The SMILES string of the molecule is C/C=C/Oc1ccc2ccc(F)c(F)c2c1F. The maximum atomic E-state index is 13.9. The van der Waals surface area contributed by atoms with Gasteiger partial charge >= 0.3 is 0 Å². The predicted octanol–water partition coefficient (Wildman–Crippen LogP) is 4.17. The van der Waals surface area contributed by atoms with E-state index >= 15 is 0 Å². The van der Waals surface area contributed by atoms with Crippen molar-refractivity contribution in [2.75, 3.05) is 0 Å². The van der Waals surface area contributed by atoms with Crippen LogP contribution < -0.4 is 4.74 Å². The highest BCUT2D eigenvalue weighted by Gasteiger charge is 2.15. The number of allylic oxidation sites excluding steroid dienone is 1. The van der Waals surface area contributed by atoms with Crippen LogP contribution in [0.15, 0.2) is 36.6 Å². The van der Waals surface area contributed by atoms with Gasteiger partial charge in [-0.2, -0.15) is 0 Å². The van der Waals surface area contributed by atoms with E-state index in [9.17, 15) is 13.2 Å². The van der Waals surface area contributed by atoms with Crippen molar-refractivity contribution >= 4 is 10.8 Å². The summed E-state index contributed by atoms with van der Waals surface area (Å²) >= 11 is 0. The monoisotopic (exact) mass is 238 g/mol. The molecule has 0 radical (unpaired) electrons. The number of fused-ring (bicyclic) bond motifs is 1. The molecule has 0 amide bonds. The van der Waals surface area contributed by atoms with Crippen molar-refractivity contribution in [3.05, 3.63) is 54.1 Å². The molecule has 4 heteroatoms. The standard InChI is InChI=1S/C13H9F3O/c1-2-7-17-10-6-4-8-3-5-9(14)12(15)11(8)13(10)16/h2-7H,1H3/b7-2+. The van der Waals surface area contributed by atoms with Crippen molar-refractivity contribution in [1.82, 2.24) is 0 Å². The van der Waals surface area contributed by atoms with Gasteiger partial charge in [-0.25, -0.2) is 13.2 Å². The fourth-order valence-electron chi connectivity index (χ4n) is 1.52. The van der Waals surface area contributed by atoms with Crippen LogP contribution in [0, 0.1) is 17.5 Å². The maximum absolute atomic E-state index is 13.9. The quantitative estimate of drug-likeness (QED) is 0.713. The molecule has 0 spiro atoms.